The maximum atomic E-state index is 12.4. The molecule has 1 rings (SSSR count). The number of hydrogen-bond donors (Lipinski definition) is 0. The molecule has 0 saturated carbocycles. The third-order valence-electron chi connectivity index (χ3n) is 2.28. The van der Waals surface area contributed by atoms with Crippen LogP contribution in [0.15, 0.2) is 14.1 Å². The highest BCUT2D eigenvalue weighted by Crippen LogP contribution is 2.35. The molecule has 0 aromatic carbocycles. The lowest BCUT2D eigenvalue weighted by Crippen LogP contribution is -2.39. The molecular formula is C10H11BrClNO6S2. The Morgan fingerprint density at radius 1 is 1.29 bits per heavy atom. The van der Waals surface area contributed by atoms with Crippen molar-refractivity contribution in [3.05, 3.63) is 14.9 Å². The Hall–Kier alpha value is -0.680. The Labute approximate surface area is 139 Å². The van der Waals surface area contributed by atoms with Gasteiger partial charge in [-0.25, -0.2) is 8.42 Å². The van der Waals surface area contributed by atoms with Gasteiger partial charge in [-0.1, -0.05) is 11.6 Å². The number of hydrogen-bond acceptors (Lipinski definition) is 7. The van der Waals surface area contributed by atoms with E-state index in [0.29, 0.717) is 8.09 Å². The molecule has 1 heterocycles. The summed E-state index contributed by atoms with van der Waals surface area (Å²) in [6, 6.07) is 1.23. The maximum Gasteiger partial charge on any atom is 0.321 e. The Morgan fingerprint density at radius 3 is 2.10 bits per heavy atom. The molecule has 0 N–H and O–H groups in total. The number of sulfonamides is 1. The predicted molar refractivity (Wildman–Crippen MR) is 79.8 cm³/mol. The molecule has 1 aromatic heterocycles. The molecule has 0 amide bonds. The predicted octanol–water partition coefficient (Wildman–Crippen LogP) is 1.50. The Kier molecular flexibility index (Phi) is 6.60. The Balaban J connectivity index is 3.15. The van der Waals surface area contributed by atoms with Gasteiger partial charge in [-0.05, 0) is 22.0 Å². The lowest BCUT2D eigenvalue weighted by atomic mass is 10.6. The standard InChI is InChI=1S/C10H11BrClNO6S2/c1-18-7(14)4-13(5-8(15)19-2)21(16,17)9-3-6(12)10(11)20-9/h3H,4-5H2,1-2H3. The van der Waals surface area contributed by atoms with Crippen LogP contribution in [0.1, 0.15) is 0 Å². The van der Waals surface area contributed by atoms with Crippen LogP contribution in [-0.2, 0) is 29.1 Å². The van der Waals surface area contributed by atoms with Gasteiger partial charge in [0.1, 0.15) is 17.3 Å². The first-order valence-corrected chi connectivity index (χ1v) is 8.73. The van der Waals surface area contributed by atoms with Crippen molar-refractivity contribution in [2.75, 3.05) is 27.3 Å². The van der Waals surface area contributed by atoms with Gasteiger partial charge < -0.3 is 9.47 Å². The van der Waals surface area contributed by atoms with Gasteiger partial charge in [0.05, 0.1) is 23.0 Å². The molecule has 0 aliphatic carbocycles. The van der Waals surface area contributed by atoms with Crippen LogP contribution < -0.4 is 0 Å². The molecule has 0 spiro atoms. The minimum atomic E-state index is -4.08. The third kappa shape index (κ3) is 4.65. The zero-order valence-corrected chi connectivity index (χ0v) is 14.9. The number of carbonyl (C=O) groups is 2. The van der Waals surface area contributed by atoms with Crippen LogP contribution >= 0.6 is 38.9 Å². The van der Waals surface area contributed by atoms with Crippen LogP contribution in [0.5, 0.6) is 0 Å². The molecule has 0 atom stereocenters. The van der Waals surface area contributed by atoms with Gasteiger partial charge in [-0.3, -0.25) is 9.59 Å². The van der Waals surface area contributed by atoms with E-state index in [4.69, 9.17) is 11.6 Å². The molecule has 0 fully saturated rings. The smallest absolute Gasteiger partial charge is 0.321 e. The number of methoxy groups -OCH3 is 2. The lowest BCUT2D eigenvalue weighted by molar-refractivity contribution is -0.143. The van der Waals surface area contributed by atoms with Gasteiger partial charge in [-0.15, -0.1) is 11.3 Å². The number of nitrogens with zero attached hydrogens (tertiary/aromatic N) is 1. The second-order valence-corrected chi connectivity index (χ2v) is 8.55. The van der Waals surface area contributed by atoms with E-state index in [1.165, 1.54) is 6.07 Å². The van der Waals surface area contributed by atoms with Crippen LogP contribution in [0, 0.1) is 0 Å². The molecule has 11 heteroatoms. The van der Waals surface area contributed by atoms with Crippen LogP contribution in [0.25, 0.3) is 0 Å². The Morgan fingerprint density at radius 2 is 1.76 bits per heavy atom. The van der Waals surface area contributed by atoms with E-state index in [2.05, 4.69) is 25.4 Å². The van der Waals surface area contributed by atoms with Crippen molar-refractivity contribution in [3.8, 4) is 0 Å². The third-order valence-corrected chi connectivity index (χ3v) is 7.00. The zero-order valence-electron chi connectivity index (χ0n) is 11.0. The van der Waals surface area contributed by atoms with Gasteiger partial charge in [0, 0.05) is 0 Å². The monoisotopic (exact) mass is 419 g/mol. The van der Waals surface area contributed by atoms with E-state index >= 15 is 0 Å². The van der Waals surface area contributed by atoms with E-state index in [9.17, 15) is 18.0 Å². The molecule has 0 bridgehead atoms. The van der Waals surface area contributed by atoms with E-state index in [1.807, 2.05) is 0 Å². The second-order valence-electron chi connectivity index (χ2n) is 3.61. The highest BCUT2D eigenvalue weighted by Gasteiger charge is 2.31. The van der Waals surface area contributed by atoms with Crippen molar-refractivity contribution in [2.24, 2.45) is 0 Å². The van der Waals surface area contributed by atoms with Gasteiger partial charge in [0.2, 0.25) is 0 Å². The topological polar surface area (TPSA) is 90.0 Å². The summed E-state index contributed by atoms with van der Waals surface area (Å²) in [6.45, 7) is -1.22. The average Bonchev–Trinajstić information content (AvgIpc) is 2.78. The Bertz CT molecular complexity index is 606. The molecule has 0 aliphatic rings. The zero-order chi connectivity index (χ0) is 16.2. The summed E-state index contributed by atoms with van der Waals surface area (Å²) in [5.41, 5.74) is 0. The number of rotatable bonds is 6. The summed E-state index contributed by atoms with van der Waals surface area (Å²) >= 11 is 9.78. The largest absolute Gasteiger partial charge is 0.468 e. The summed E-state index contributed by atoms with van der Waals surface area (Å²) in [4.78, 5) is 22.7. The molecule has 21 heavy (non-hydrogen) atoms. The van der Waals surface area contributed by atoms with E-state index in [0.717, 1.165) is 25.6 Å². The number of thiophene rings is 1. The van der Waals surface area contributed by atoms with Crippen molar-refractivity contribution in [1.29, 1.82) is 0 Å². The van der Waals surface area contributed by atoms with Crippen LogP contribution in [0.2, 0.25) is 5.02 Å². The first-order valence-electron chi connectivity index (χ1n) is 5.31. The van der Waals surface area contributed by atoms with Crippen molar-refractivity contribution >= 4 is 60.8 Å². The van der Waals surface area contributed by atoms with Crippen molar-refractivity contribution in [1.82, 2.24) is 4.31 Å². The summed E-state index contributed by atoms with van der Waals surface area (Å²) in [6.07, 6.45) is 0. The minimum Gasteiger partial charge on any atom is -0.468 e. The van der Waals surface area contributed by atoms with Crippen LogP contribution in [0.4, 0.5) is 0 Å². The van der Waals surface area contributed by atoms with Gasteiger partial charge in [0.15, 0.2) is 0 Å². The lowest BCUT2D eigenvalue weighted by Gasteiger charge is -2.18. The molecule has 0 radical (unpaired) electrons. The van der Waals surface area contributed by atoms with Crippen LogP contribution in [0.3, 0.4) is 0 Å². The van der Waals surface area contributed by atoms with E-state index in [-0.39, 0.29) is 9.23 Å². The van der Waals surface area contributed by atoms with E-state index < -0.39 is 35.1 Å². The summed E-state index contributed by atoms with van der Waals surface area (Å²) < 4.78 is 34.7. The minimum absolute atomic E-state index is 0.104. The molecular weight excluding hydrogens is 410 g/mol. The summed E-state index contributed by atoms with van der Waals surface area (Å²) in [7, 11) is -1.85. The van der Waals surface area contributed by atoms with Crippen molar-refractivity contribution < 1.29 is 27.5 Å². The molecule has 118 valence electrons. The summed E-state index contributed by atoms with van der Waals surface area (Å²) in [5.74, 6) is -1.60. The first-order chi connectivity index (χ1) is 9.72. The highest BCUT2D eigenvalue weighted by atomic mass is 79.9. The number of esters is 2. The van der Waals surface area contributed by atoms with Crippen LogP contribution in [-0.4, -0.2) is 52.0 Å². The highest BCUT2D eigenvalue weighted by molar-refractivity contribution is 9.11. The number of ether oxygens (including phenoxy) is 2. The normalized spacial score (nSPS) is 11.5. The summed E-state index contributed by atoms with van der Waals surface area (Å²) in [5, 5.41) is 0.217. The average molecular weight is 421 g/mol. The van der Waals surface area contributed by atoms with Gasteiger partial charge in [0.25, 0.3) is 10.0 Å². The van der Waals surface area contributed by atoms with Crippen molar-refractivity contribution in [3.63, 3.8) is 0 Å². The molecule has 0 unspecified atom stereocenters. The second kappa shape index (κ2) is 7.54. The number of halogens is 2. The maximum absolute atomic E-state index is 12.4. The number of carbonyl (C=O) groups excluding carboxylic acids is 2. The van der Waals surface area contributed by atoms with Crippen molar-refractivity contribution in [2.45, 2.75) is 4.21 Å². The fourth-order valence-electron chi connectivity index (χ4n) is 1.22. The molecule has 7 nitrogen and oxygen atoms in total. The first kappa shape index (κ1) is 18.4. The molecule has 0 saturated heterocycles. The fraction of sp³-hybridized carbons (Fsp3) is 0.400. The molecule has 0 aliphatic heterocycles. The molecule has 1 aromatic rings. The van der Waals surface area contributed by atoms with Gasteiger partial charge in [-0.2, -0.15) is 4.31 Å². The SMILES string of the molecule is COC(=O)CN(CC(=O)OC)S(=O)(=O)c1cc(Cl)c(Br)s1. The fourth-order valence-corrected chi connectivity index (χ4v) is 5.11. The van der Waals surface area contributed by atoms with Gasteiger partial charge >= 0.3 is 11.9 Å². The quantitative estimate of drug-likeness (QED) is 0.648. The van der Waals surface area contributed by atoms with E-state index in [1.54, 1.807) is 0 Å².